The molecule has 2 fully saturated rings. The number of aliphatic hydroxyl groups is 2. The number of hydrogen-bond acceptors (Lipinski definition) is 6. The number of benzene rings is 1. The molecule has 1 aromatic carbocycles. The van der Waals surface area contributed by atoms with E-state index in [1.165, 1.54) is 0 Å². The summed E-state index contributed by atoms with van der Waals surface area (Å²) < 4.78 is 5.08. The van der Waals surface area contributed by atoms with Crippen LogP contribution in [-0.4, -0.2) is 59.5 Å². The zero-order chi connectivity index (χ0) is 18.4. The van der Waals surface area contributed by atoms with Gasteiger partial charge in [0.25, 0.3) is 0 Å². The van der Waals surface area contributed by atoms with Gasteiger partial charge in [-0.1, -0.05) is 37.3 Å². The van der Waals surface area contributed by atoms with Crippen molar-refractivity contribution >= 4 is 12.0 Å². The fourth-order valence-electron chi connectivity index (χ4n) is 3.30. The number of carbonyl (C=O) groups is 2. The lowest BCUT2D eigenvalue weighted by Gasteiger charge is -2.28. The first-order valence-electron chi connectivity index (χ1n) is 8.50. The van der Waals surface area contributed by atoms with E-state index in [-0.39, 0.29) is 18.6 Å². The number of ether oxygens (including phenoxy) is 1. The summed E-state index contributed by atoms with van der Waals surface area (Å²) in [6, 6.07) is 8.82. The van der Waals surface area contributed by atoms with E-state index in [0.717, 1.165) is 37.0 Å². The zero-order valence-corrected chi connectivity index (χ0v) is 14.6. The second kappa shape index (κ2) is 8.94. The Morgan fingerprint density at radius 2 is 2.00 bits per heavy atom. The molecule has 0 aliphatic carbocycles. The predicted octanol–water partition coefficient (Wildman–Crippen LogP) is 1.06. The van der Waals surface area contributed by atoms with Crippen LogP contribution in [0.15, 0.2) is 30.3 Å². The number of hydrogen-bond donors (Lipinski definition) is 3. The SMILES string of the molecule is CC(C(=O)N1C(=O)OCC1c1ccccc1)C(O)C1CCCN1.CO. The van der Waals surface area contributed by atoms with Crippen LogP contribution in [0.4, 0.5) is 4.79 Å². The van der Waals surface area contributed by atoms with Gasteiger partial charge in [-0.15, -0.1) is 0 Å². The molecule has 2 aliphatic rings. The van der Waals surface area contributed by atoms with Crippen LogP contribution in [-0.2, 0) is 9.53 Å². The highest BCUT2D eigenvalue weighted by molar-refractivity contribution is 5.95. The quantitative estimate of drug-likeness (QED) is 0.751. The monoisotopic (exact) mass is 350 g/mol. The van der Waals surface area contributed by atoms with E-state index in [2.05, 4.69) is 5.32 Å². The molecule has 2 aliphatic heterocycles. The molecule has 2 saturated heterocycles. The molecule has 3 rings (SSSR count). The third-order valence-corrected chi connectivity index (χ3v) is 4.71. The minimum Gasteiger partial charge on any atom is -0.446 e. The number of nitrogens with one attached hydrogen (secondary N) is 1. The lowest BCUT2D eigenvalue weighted by Crippen LogP contribution is -2.47. The molecule has 0 aromatic heterocycles. The molecular weight excluding hydrogens is 324 g/mol. The highest BCUT2D eigenvalue weighted by Crippen LogP contribution is 2.30. The third kappa shape index (κ3) is 4.18. The van der Waals surface area contributed by atoms with Crippen LogP contribution in [0.1, 0.15) is 31.4 Å². The first kappa shape index (κ1) is 19.4. The standard InChI is InChI=1S/C17H22N2O4.CH4O/c1-11(15(20)13-8-5-9-18-13)16(21)19-14(10-23-17(19)22)12-6-3-2-4-7-12;1-2/h2-4,6-7,11,13-15,18,20H,5,8-10H2,1H3;2H,1H3. The van der Waals surface area contributed by atoms with Gasteiger partial charge in [-0.05, 0) is 24.9 Å². The van der Waals surface area contributed by atoms with Crippen LogP contribution < -0.4 is 5.32 Å². The summed E-state index contributed by atoms with van der Waals surface area (Å²) in [6.45, 7) is 2.67. The molecule has 0 bridgehead atoms. The van der Waals surface area contributed by atoms with Gasteiger partial charge < -0.3 is 20.3 Å². The molecule has 0 spiro atoms. The van der Waals surface area contributed by atoms with Crippen LogP contribution in [0.5, 0.6) is 0 Å². The van der Waals surface area contributed by atoms with Crippen molar-refractivity contribution in [3.63, 3.8) is 0 Å². The average Bonchev–Trinajstić information content (AvgIpc) is 3.32. The van der Waals surface area contributed by atoms with E-state index in [0.29, 0.717) is 0 Å². The molecule has 0 saturated carbocycles. The van der Waals surface area contributed by atoms with E-state index < -0.39 is 24.2 Å². The molecule has 0 radical (unpaired) electrons. The summed E-state index contributed by atoms with van der Waals surface area (Å²) in [6.07, 6.45) is 0.379. The van der Waals surface area contributed by atoms with Gasteiger partial charge in [0.1, 0.15) is 12.6 Å². The van der Waals surface area contributed by atoms with Crippen molar-refractivity contribution in [2.45, 2.75) is 38.0 Å². The number of nitrogens with zero attached hydrogens (tertiary/aromatic N) is 1. The van der Waals surface area contributed by atoms with E-state index in [9.17, 15) is 14.7 Å². The van der Waals surface area contributed by atoms with E-state index in [1.54, 1.807) is 6.92 Å². The van der Waals surface area contributed by atoms with Crippen molar-refractivity contribution in [2.24, 2.45) is 5.92 Å². The average molecular weight is 350 g/mol. The third-order valence-electron chi connectivity index (χ3n) is 4.71. The maximum absolute atomic E-state index is 12.8. The van der Waals surface area contributed by atoms with Gasteiger partial charge in [-0.2, -0.15) is 0 Å². The van der Waals surface area contributed by atoms with Gasteiger partial charge in [0.15, 0.2) is 0 Å². The van der Waals surface area contributed by atoms with Crippen LogP contribution in [0.25, 0.3) is 0 Å². The lowest BCUT2D eigenvalue weighted by molar-refractivity contribution is -0.137. The Morgan fingerprint density at radius 3 is 2.60 bits per heavy atom. The Hall–Kier alpha value is -1.96. The maximum atomic E-state index is 12.8. The van der Waals surface area contributed by atoms with Crippen LogP contribution >= 0.6 is 0 Å². The van der Waals surface area contributed by atoms with Gasteiger partial charge in [0.2, 0.25) is 5.91 Å². The van der Waals surface area contributed by atoms with Crippen LogP contribution in [0.3, 0.4) is 0 Å². The summed E-state index contributed by atoms with van der Waals surface area (Å²) in [7, 11) is 1.00. The van der Waals surface area contributed by atoms with Gasteiger partial charge in [0.05, 0.1) is 12.0 Å². The first-order valence-corrected chi connectivity index (χ1v) is 8.50. The van der Waals surface area contributed by atoms with E-state index in [4.69, 9.17) is 9.84 Å². The van der Waals surface area contributed by atoms with E-state index >= 15 is 0 Å². The highest BCUT2D eigenvalue weighted by Gasteiger charge is 2.43. The summed E-state index contributed by atoms with van der Waals surface area (Å²) in [5.74, 6) is -1.05. The second-order valence-corrected chi connectivity index (χ2v) is 6.19. The van der Waals surface area contributed by atoms with Gasteiger partial charge in [0, 0.05) is 13.2 Å². The summed E-state index contributed by atoms with van der Waals surface area (Å²) in [5.41, 5.74) is 0.854. The van der Waals surface area contributed by atoms with Gasteiger partial charge in [-0.3, -0.25) is 4.79 Å². The molecule has 138 valence electrons. The molecule has 7 nitrogen and oxygen atoms in total. The Labute approximate surface area is 147 Å². The Bertz CT molecular complexity index is 574. The van der Waals surface area contributed by atoms with Crippen molar-refractivity contribution in [2.75, 3.05) is 20.3 Å². The number of imide groups is 1. The second-order valence-electron chi connectivity index (χ2n) is 6.19. The molecule has 3 N–H and O–H groups in total. The number of amides is 2. The van der Waals surface area contributed by atoms with Crippen molar-refractivity contribution in [1.29, 1.82) is 0 Å². The molecule has 4 atom stereocenters. The number of carbonyl (C=O) groups excluding carboxylic acids is 2. The summed E-state index contributed by atoms with van der Waals surface area (Å²) in [4.78, 5) is 26.0. The summed E-state index contributed by atoms with van der Waals surface area (Å²) in [5, 5.41) is 20.6. The zero-order valence-electron chi connectivity index (χ0n) is 14.6. The molecule has 7 heteroatoms. The molecule has 2 amide bonds. The number of cyclic esters (lactones) is 1. The predicted molar refractivity (Wildman–Crippen MR) is 91.7 cm³/mol. The fraction of sp³-hybridized carbons (Fsp3) is 0.556. The van der Waals surface area contributed by atoms with Gasteiger partial charge in [-0.25, -0.2) is 9.69 Å². The minimum atomic E-state index is -0.810. The molecule has 1 aromatic rings. The van der Waals surface area contributed by atoms with Crippen molar-refractivity contribution in [1.82, 2.24) is 10.2 Å². The van der Waals surface area contributed by atoms with Gasteiger partial charge >= 0.3 is 6.09 Å². The smallest absolute Gasteiger partial charge is 0.417 e. The molecule has 25 heavy (non-hydrogen) atoms. The Morgan fingerprint density at radius 1 is 1.32 bits per heavy atom. The maximum Gasteiger partial charge on any atom is 0.417 e. The molecule has 4 unspecified atom stereocenters. The van der Waals surface area contributed by atoms with Crippen LogP contribution in [0.2, 0.25) is 0 Å². The molecular formula is C18H26N2O5. The van der Waals surface area contributed by atoms with E-state index in [1.807, 2.05) is 30.3 Å². The summed E-state index contributed by atoms with van der Waals surface area (Å²) >= 11 is 0. The number of aliphatic hydroxyl groups excluding tert-OH is 2. The lowest BCUT2D eigenvalue weighted by atomic mass is 9.94. The first-order chi connectivity index (χ1) is 12.1. The molecule has 2 heterocycles. The fourth-order valence-corrected chi connectivity index (χ4v) is 3.30. The largest absolute Gasteiger partial charge is 0.446 e. The topological polar surface area (TPSA) is 99.1 Å². The minimum absolute atomic E-state index is 0.0947. The Kier molecular flexibility index (Phi) is 6.92. The van der Waals surface area contributed by atoms with Crippen molar-refractivity contribution in [3.05, 3.63) is 35.9 Å². The highest BCUT2D eigenvalue weighted by atomic mass is 16.6. The Balaban J connectivity index is 0.00000109. The van der Waals surface area contributed by atoms with Crippen molar-refractivity contribution < 1.29 is 24.5 Å². The normalized spacial score (nSPS) is 25.0. The van der Waals surface area contributed by atoms with Crippen molar-refractivity contribution in [3.8, 4) is 0 Å². The van der Waals surface area contributed by atoms with Crippen LogP contribution in [0, 0.1) is 5.92 Å². The number of rotatable bonds is 4.